The Labute approximate surface area is 94.3 Å². The number of carboxylic acid groups (broad SMARTS) is 1. The van der Waals surface area contributed by atoms with E-state index in [1.165, 1.54) is 13.2 Å². The lowest BCUT2D eigenvalue weighted by atomic mass is 10.2. The van der Waals surface area contributed by atoms with Crippen molar-refractivity contribution >= 4 is 5.97 Å². The average molecular weight is 228 g/mol. The number of carboxylic acids is 1. The molecular formula is C11H16O5. The molecule has 0 aliphatic carbocycles. The van der Waals surface area contributed by atoms with Crippen LogP contribution >= 0.6 is 0 Å². The lowest BCUT2D eigenvalue weighted by molar-refractivity contribution is -0.147. The lowest BCUT2D eigenvalue weighted by Crippen LogP contribution is -2.26. The molecule has 0 saturated carbocycles. The van der Waals surface area contributed by atoms with Crippen molar-refractivity contribution in [1.82, 2.24) is 0 Å². The fraction of sp³-hybridized carbons (Fsp3) is 0.545. The van der Waals surface area contributed by atoms with Crippen LogP contribution in [0.25, 0.3) is 0 Å². The molecule has 5 nitrogen and oxygen atoms in total. The second-order valence-corrected chi connectivity index (χ2v) is 3.39. The van der Waals surface area contributed by atoms with E-state index in [4.69, 9.17) is 19.3 Å². The Kier molecular flexibility index (Phi) is 4.37. The minimum atomic E-state index is -1.03. The molecule has 5 heteroatoms. The molecule has 2 atom stereocenters. The van der Waals surface area contributed by atoms with E-state index < -0.39 is 12.1 Å². The Balaban J connectivity index is 2.67. The maximum Gasteiger partial charge on any atom is 0.344 e. The van der Waals surface area contributed by atoms with E-state index in [0.717, 1.165) is 0 Å². The number of aliphatic carboxylic acids is 1. The van der Waals surface area contributed by atoms with Gasteiger partial charge in [0, 0.05) is 6.61 Å². The molecular weight excluding hydrogens is 212 g/mol. The van der Waals surface area contributed by atoms with Crippen molar-refractivity contribution in [1.29, 1.82) is 0 Å². The third kappa shape index (κ3) is 3.27. The van der Waals surface area contributed by atoms with Gasteiger partial charge in [-0.25, -0.2) is 4.79 Å². The maximum absolute atomic E-state index is 10.7. The van der Waals surface area contributed by atoms with E-state index in [1.807, 2.05) is 6.92 Å². The van der Waals surface area contributed by atoms with Crippen LogP contribution in [0.5, 0.6) is 0 Å². The predicted octanol–water partition coefficient (Wildman–Crippen LogP) is 1.66. The molecule has 0 fully saturated rings. The fourth-order valence-electron chi connectivity index (χ4n) is 1.21. The molecule has 0 amide bonds. The van der Waals surface area contributed by atoms with Gasteiger partial charge in [-0.2, -0.15) is 0 Å². The molecule has 1 aliphatic rings. The molecule has 1 N–H and O–H groups in total. The van der Waals surface area contributed by atoms with E-state index in [2.05, 4.69) is 0 Å². The second kappa shape index (κ2) is 5.55. The summed E-state index contributed by atoms with van der Waals surface area (Å²) in [4.78, 5) is 10.7. The Morgan fingerprint density at radius 2 is 2.38 bits per heavy atom. The summed E-state index contributed by atoms with van der Waals surface area (Å²) in [5.41, 5.74) is 0. The first-order valence-electron chi connectivity index (χ1n) is 5.10. The van der Waals surface area contributed by atoms with Crippen LogP contribution in [-0.4, -0.2) is 29.9 Å². The smallest absolute Gasteiger partial charge is 0.344 e. The number of hydrogen-bond acceptors (Lipinski definition) is 4. The van der Waals surface area contributed by atoms with Crippen LogP contribution < -0.4 is 0 Å². The Hall–Kier alpha value is -1.49. The summed E-state index contributed by atoms with van der Waals surface area (Å²) in [5.74, 6) is 0.0542. The molecule has 0 radical (unpaired) electrons. The zero-order valence-corrected chi connectivity index (χ0v) is 9.60. The minimum absolute atomic E-state index is 0.374. The third-order valence-corrected chi connectivity index (χ3v) is 2.03. The van der Waals surface area contributed by atoms with Crippen LogP contribution in [0.2, 0.25) is 0 Å². The monoisotopic (exact) mass is 228 g/mol. The molecule has 0 aromatic heterocycles. The van der Waals surface area contributed by atoms with Crippen molar-refractivity contribution in [2.24, 2.45) is 0 Å². The van der Waals surface area contributed by atoms with Crippen LogP contribution in [0.15, 0.2) is 23.9 Å². The molecule has 90 valence electrons. The highest BCUT2D eigenvalue weighted by atomic mass is 16.6. The number of hydrogen-bond donors (Lipinski definition) is 1. The summed E-state index contributed by atoms with van der Waals surface area (Å²) in [6.07, 6.45) is 1.83. The molecule has 0 spiro atoms. The summed E-state index contributed by atoms with van der Waals surface area (Å²) < 4.78 is 15.8. The van der Waals surface area contributed by atoms with E-state index in [0.29, 0.717) is 18.1 Å². The van der Waals surface area contributed by atoms with Crippen molar-refractivity contribution in [3.63, 3.8) is 0 Å². The van der Waals surface area contributed by atoms with Gasteiger partial charge in [0.15, 0.2) is 11.9 Å². The number of ether oxygens (including phenoxy) is 3. The SMILES string of the molecule is CCOC1C=C(C)OC=C1OC(C)C(=O)O. The highest BCUT2D eigenvalue weighted by Crippen LogP contribution is 2.20. The van der Waals surface area contributed by atoms with Gasteiger partial charge in [0.05, 0.1) is 5.76 Å². The maximum atomic E-state index is 10.7. The molecule has 1 aliphatic heterocycles. The number of carbonyl (C=O) groups is 1. The van der Waals surface area contributed by atoms with Crippen molar-refractivity contribution in [3.05, 3.63) is 23.9 Å². The van der Waals surface area contributed by atoms with Gasteiger partial charge in [-0.3, -0.25) is 0 Å². The quantitative estimate of drug-likeness (QED) is 0.775. The zero-order valence-electron chi connectivity index (χ0n) is 9.60. The molecule has 1 heterocycles. The second-order valence-electron chi connectivity index (χ2n) is 3.39. The predicted molar refractivity (Wildman–Crippen MR) is 56.5 cm³/mol. The normalized spacial score (nSPS) is 21.6. The van der Waals surface area contributed by atoms with Crippen LogP contribution in [0.1, 0.15) is 20.8 Å². The summed E-state index contributed by atoms with van der Waals surface area (Å²) in [7, 11) is 0. The summed E-state index contributed by atoms with van der Waals surface area (Å²) >= 11 is 0. The Morgan fingerprint density at radius 1 is 1.69 bits per heavy atom. The molecule has 0 bridgehead atoms. The first-order valence-corrected chi connectivity index (χ1v) is 5.10. The third-order valence-electron chi connectivity index (χ3n) is 2.03. The van der Waals surface area contributed by atoms with Gasteiger partial charge in [-0.15, -0.1) is 0 Å². The largest absolute Gasteiger partial charge is 0.479 e. The number of rotatable bonds is 5. The van der Waals surface area contributed by atoms with Gasteiger partial charge in [-0.05, 0) is 26.8 Å². The topological polar surface area (TPSA) is 65.0 Å². The van der Waals surface area contributed by atoms with Gasteiger partial charge >= 0.3 is 5.97 Å². The first kappa shape index (κ1) is 12.6. The molecule has 1 rings (SSSR count). The van der Waals surface area contributed by atoms with E-state index in [9.17, 15) is 4.79 Å². The molecule has 2 unspecified atom stereocenters. The van der Waals surface area contributed by atoms with Gasteiger partial charge in [0.1, 0.15) is 12.4 Å². The minimum Gasteiger partial charge on any atom is -0.479 e. The van der Waals surface area contributed by atoms with Crippen molar-refractivity contribution in [2.75, 3.05) is 6.61 Å². The Morgan fingerprint density at radius 3 is 2.94 bits per heavy atom. The zero-order chi connectivity index (χ0) is 12.1. The van der Waals surface area contributed by atoms with Crippen molar-refractivity contribution < 1.29 is 24.1 Å². The molecule has 0 aromatic carbocycles. The van der Waals surface area contributed by atoms with Crippen molar-refractivity contribution in [2.45, 2.75) is 33.0 Å². The van der Waals surface area contributed by atoms with Gasteiger partial charge in [0.2, 0.25) is 0 Å². The van der Waals surface area contributed by atoms with Crippen LogP contribution in [0.3, 0.4) is 0 Å². The summed E-state index contributed by atoms with van der Waals surface area (Å²) in [5, 5.41) is 8.73. The van der Waals surface area contributed by atoms with Crippen LogP contribution in [0, 0.1) is 0 Å². The molecule has 0 aromatic rings. The summed E-state index contributed by atoms with van der Waals surface area (Å²) in [6.45, 7) is 5.62. The molecule has 16 heavy (non-hydrogen) atoms. The first-order chi connectivity index (χ1) is 7.54. The van der Waals surface area contributed by atoms with Gasteiger partial charge < -0.3 is 19.3 Å². The number of allylic oxidation sites excluding steroid dienone is 1. The lowest BCUT2D eigenvalue weighted by Gasteiger charge is -2.23. The van der Waals surface area contributed by atoms with Gasteiger partial charge in [-0.1, -0.05) is 0 Å². The van der Waals surface area contributed by atoms with E-state index in [-0.39, 0.29) is 6.10 Å². The highest BCUT2D eigenvalue weighted by molar-refractivity contribution is 5.71. The van der Waals surface area contributed by atoms with Crippen LogP contribution in [-0.2, 0) is 19.0 Å². The van der Waals surface area contributed by atoms with E-state index in [1.54, 1.807) is 13.0 Å². The van der Waals surface area contributed by atoms with Gasteiger partial charge in [0.25, 0.3) is 0 Å². The molecule has 0 saturated heterocycles. The van der Waals surface area contributed by atoms with Crippen LogP contribution in [0.4, 0.5) is 0 Å². The Bertz CT molecular complexity index is 318. The highest BCUT2D eigenvalue weighted by Gasteiger charge is 2.23. The average Bonchev–Trinajstić information content (AvgIpc) is 2.22. The van der Waals surface area contributed by atoms with E-state index >= 15 is 0 Å². The summed E-state index contributed by atoms with van der Waals surface area (Å²) in [6, 6.07) is 0. The van der Waals surface area contributed by atoms with Crippen molar-refractivity contribution in [3.8, 4) is 0 Å². The fourth-order valence-corrected chi connectivity index (χ4v) is 1.21. The standard InChI is InChI=1S/C11H16O5/c1-4-14-9-5-7(2)15-6-10(9)16-8(3)11(12)13/h5-6,8-9H,4H2,1-3H3,(H,12,13).